The van der Waals surface area contributed by atoms with Crippen LogP contribution < -0.4 is 0 Å². The van der Waals surface area contributed by atoms with Crippen molar-refractivity contribution in [2.45, 2.75) is 18.2 Å². The van der Waals surface area contributed by atoms with Crippen molar-refractivity contribution in [3.8, 4) is 0 Å². The highest BCUT2D eigenvalue weighted by molar-refractivity contribution is 7.88. The summed E-state index contributed by atoms with van der Waals surface area (Å²) in [7, 11) is -3.44. The molecule has 0 N–H and O–H groups in total. The van der Waals surface area contributed by atoms with Crippen molar-refractivity contribution in [3.05, 3.63) is 75.8 Å². The molecule has 0 amide bonds. The topological polar surface area (TPSA) is 80.5 Å². The molecule has 0 bridgehead atoms. The number of non-ortho nitro benzene ring substituents is 1. The third-order valence-electron chi connectivity index (χ3n) is 4.01. The average molecular weight is 332 g/mol. The molecule has 0 spiro atoms. The Bertz CT molecular complexity index is 804. The zero-order valence-electron chi connectivity index (χ0n) is 12.3. The predicted molar refractivity (Wildman–Crippen MR) is 86.2 cm³/mol. The van der Waals surface area contributed by atoms with Gasteiger partial charge in [-0.2, -0.15) is 4.31 Å². The molecule has 1 atom stereocenters. The van der Waals surface area contributed by atoms with Crippen LogP contribution in [0.5, 0.6) is 0 Å². The van der Waals surface area contributed by atoms with E-state index in [0.717, 1.165) is 12.0 Å². The van der Waals surface area contributed by atoms with E-state index in [9.17, 15) is 18.5 Å². The van der Waals surface area contributed by atoms with Crippen LogP contribution in [0.4, 0.5) is 5.69 Å². The second kappa shape index (κ2) is 6.10. The number of benzene rings is 2. The fourth-order valence-corrected chi connectivity index (χ4v) is 4.49. The van der Waals surface area contributed by atoms with Gasteiger partial charge >= 0.3 is 0 Å². The van der Waals surface area contributed by atoms with Crippen LogP contribution in [0.1, 0.15) is 23.6 Å². The van der Waals surface area contributed by atoms with Crippen molar-refractivity contribution in [1.29, 1.82) is 0 Å². The summed E-state index contributed by atoms with van der Waals surface area (Å²) in [4.78, 5) is 10.1. The first-order chi connectivity index (χ1) is 11.0. The minimum absolute atomic E-state index is 0.0442. The van der Waals surface area contributed by atoms with E-state index < -0.39 is 14.9 Å². The van der Waals surface area contributed by atoms with Gasteiger partial charge in [-0.05, 0) is 17.5 Å². The summed E-state index contributed by atoms with van der Waals surface area (Å²) in [6.07, 6.45) is 0.809. The smallest absolute Gasteiger partial charge is 0.258 e. The van der Waals surface area contributed by atoms with Crippen LogP contribution in [0, 0.1) is 10.1 Å². The molecule has 1 saturated heterocycles. The Morgan fingerprint density at radius 1 is 1.09 bits per heavy atom. The predicted octanol–water partition coefficient (Wildman–Crippen LogP) is 2.87. The first kappa shape index (κ1) is 15.6. The molecular weight excluding hydrogens is 316 g/mol. The Hall–Kier alpha value is -2.25. The molecule has 3 rings (SSSR count). The van der Waals surface area contributed by atoms with Crippen LogP contribution in [-0.4, -0.2) is 24.2 Å². The van der Waals surface area contributed by atoms with Gasteiger partial charge in [-0.25, -0.2) is 8.42 Å². The number of nitrogens with zero attached hydrogens (tertiary/aromatic N) is 2. The van der Waals surface area contributed by atoms with Crippen LogP contribution in [0.2, 0.25) is 0 Å². The van der Waals surface area contributed by atoms with Crippen LogP contribution in [-0.2, 0) is 15.8 Å². The van der Waals surface area contributed by atoms with Gasteiger partial charge in [-0.3, -0.25) is 10.1 Å². The number of nitro groups is 1. The molecule has 1 heterocycles. The van der Waals surface area contributed by atoms with Crippen LogP contribution in [0.15, 0.2) is 54.6 Å². The average Bonchev–Trinajstić information content (AvgIpc) is 2.46. The second-order valence-electron chi connectivity index (χ2n) is 5.51. The highest BCUT2D eigenvalue weighted by Gasteiger charge is 2.38. The van der Waals surface area contributed by atoms with Crippen LogP contribution in [0.3, 0.4) is 0 Å². The zero-order valence-corrected chi connectivity index (χ0v) is 13.1. The van der Waals surface area contributed by atoms with Gasteiger partial charge in [0, 0.05) is 18.7 Å². The lowest BCUT2D eigenvalue weighted by atomic mass is 9.98. The van der Waals surface area contributed by atoms with Crippen LogP contribution in [0.25, 0.3) is 0 Å². The van der Waals surface area contributed by atoms with Gasteiger partial charge in [-0.15, -0.1) is 0 Å². The van der Waals surface area contributed by atoms with Gasteiger partial charge in [0.25, 0.3) is 5.69 Å². The van der Waals surface area contributed by atoms with Crippen LogP contribution >= 0.6 is 0 Å². The highest BCUT2D eigenvalue weighted by atomic mass is 32.2. The summed E-state index contributed by atoms with van der Waals surface area (Å²) in [5.74, 6) is -0.145. The number of rotatable bonds is 5. The molecule has 0 unspecified atom stereocenters. The molecule has 0 aliphatic carbocycles. The first-order valence-electron chi connectivity index (χ1n) is 7.25. The lowest BCUT2D eigenvalue weighted by Crippen LogP contribution is -2.45. The molecule has 1 fully saturated rings. The summed E-state index contributed by atoms with van der Waals surface area (Å²) in [5.41, 5.74) is 1.50. The molecule has 0 radical (unpaired) electrons. The summed E-state index contributed by atoms with van der Waals surface area (Å²) in [6.45, 7) is 0.509. The monoisotopic (exact) mass is 332 g/mol. The van der Waals surface area contributed by atoms with E-state index in [4.69, 9.17) is 0 Å². The van der Waals surface area contributed by atoms with Crippen molar-refractivity contribution in [2.24, 2.45) is 0 Å². The van der Waals surface area contributed by atoms with Gasteiger partial charge in [0.2, 0.25) is 10.0 Å². The minimum atomic E-state index is -3.44. The molecule has 2 aromatic carbocycles. The molecule has 2 aromatic rings. The molecule has 7 heteroatoms. The van der Waals surface area contributed by atoms with Gasteiger partial charge in [0.1, 0.15) is 0 Å². The Kier molecular flexibility index (Phi) is 4.14. The Labute approximate surface area is 134 Å². The minimum Gasteiger partial charge on any atom is -0.258 e. The Balaban J connectivity index is 1.75. The van der Waals surface area contributed by atoms with E-state index in [2.05, 4.69) is 0 Å². The number of sulfonamides is 1. The van der Waals surface area contributed by atoms with E-state index >= 15 is 0 Å². The Morgan fingerprint density at radius 3 is 2.26 bits per heavy atom. The molecular formula is C16H16N2O4S. The van der Waals surface area contributed by atoms with Gasteiger partial charge < -0.3 is 0 Å². The zero-order chi connectivity index (χ0) is 16.4. The van der Waals surface area contributed by atoms with Crippen molar-refractivity contribution < 1.29 is 13.3 Å². The van der Waals surface area contributed by atoms with Crippen molar-refractivity contribution in [1.82, 2.24) is 4.31 Å². The molecule has 0 saturated carbocycles. The number of nitro benzene ring substituents is 1. The molecule has 1 aliphatic rings. The number of hydrogen-bond acceptors (Lipinski definition) is 4. The van der Waals surface area contributed by atoms with Gasteiger partial charge in [0.05, 0.1) is 16.7 Å². The van der Waals surface area contributed by atoms with E-state index in [0.29, 0.717) is 12.1 Å². The number of hydrogen-bond donors (Lipinski definition) is 0. The second-order valence-corrected chi connectivity index (χ2v) is 7.43. The fraction of sp³-hybridized carbons (Fsp3) is 0.250. The van der Waals surface area contributed by atoms with Crippen molar-refractivity contribution >= 4 is 15.7 Å². The third-order valence-corrected chi connectivity index (χ3v) is 5.86. The van der Waals surface area contributed by atoms with Gasteiger partial charge in [-0.1, -0.05) is 42.5 Å². The maximum absolute atomic E-state index is 12.6. The first-order valence-corrected chi connectivity index (χ1v) is 8.86. The summed E-state index contributed by atoms with van der Waals surface area (Å²) in [5, 5.41) is 10.6. The lowest BCUT2D eigenvalue weighted by molar-refractivity contribution is -0.384. The van der Waals surface area contributed by atoms with Crippen molar-refractivity contribution in [2.75, 3.05) is 6.54 Å². The largest absolute Gasteiger partial charge is 0.269 e. The van der Waals surface area contributed by atoms with E-state index in [-0.39, 0.29) is 17.5 Å². The highest BCUT2D eigenvalue weighted by Crippen LogP contribution is 2.36. The Morgan fingerprint density at radius 2 is 1.74 bits per heavy atom. The van der Waals surface area contributed by atoms with Crippen molar-refractivity contribution in [3.63, 3.8) is 0 Å². The summed E-state index contributed by atoms with van der Waals surface area (Å²) < 4.78 is 26.7. The molecule has 120 valence electrons. The summed E-state index contributed by atoms with van der Waals surface area (Å²) in [6, 6.07) is 15.1. The molecule has 1 aliphatic heterocycles. The molecule has 23 heavy (non-hydrogen) atoms. The summed E-state index contributed by atoms with van der Waals surface area (Å²) >= 11 is 0. The maximum Gasteiger partial charge on any atom is 0.269 e. The standard InChI is InChI=1S/C16H16N2O4S/c19-18(20)15-8-6-13(7-9-15)12-23(21,22)17-11-10-16(17)14-4-2-1-3-5-14/h1-9,16H,10-12H2/t16-/m1/s1. The quantitative estimate of drug-likeness (QED) is 0.623. The van der Waals surface area contributed by atoms with E-state index in [1.54, 1.807) is 0 Å². The van der Waals surface area contributed by atoms with E-state index in [1.165, 1.54) is 28.6 Å². The maximum atomic E-state index is 12.6. The fourth-order valence-electron chi connectivity index (χ4n) is 2.71. The molecule has 0 aromatic heterocycles. The normalized spacial score (nSPS) is 18.3. The SMILES string of the molecule is O=[N+]([O-])c1ccc(CS(=O)(=O)N2CC[C@@H]2c2ccccc2)cc1. The lowest BCUT2D eigenvalue weighted by Gasteiger charge is -2.40. The van der Waals surface area contributed by atoms with Gasteiger partial charge in [0.15, 0.2) is 0 Å². The molecule has 6 nitrogen and oxygen atoms in total. The van der Waals surface area contributed by atoms with E-state index in [1.807, 2.05) is 30.3 Å². The third kappa shape index (κ3) is 3.25.